The summed E-state index contributed by atoms with van der Waals surface area (Å²) in [7, 11) is 3.80. The van der Waals surface area contributed by atoms with Crippen LogP contribution in [0.1, 0.15) is 13.8 Å². The highest BCUT2D eigenvalue weighted by Crippen LogP contribution is 2.09. The van der Waals surface area contributed by atoms with Gasteiger partial charge in [0.05, 0.1) is 12.7 Å². The van der Waals surface area contributed by atoms with Gasteiger partial charge in [0.2, 0.25) is 5.95 Å². The Balaban J connectivity index is 2.48. The van der Waals surface area contributed by atoms with E-state index < -0.39 is 0 Å². The first-order valence-electron chi connectivity index (χ1n) is 5.47. The van der Waals surface area contributed by atoms with Crippen molar-refractivity contribution in [2.45, 2.75) is 20.0 Å². The summed E-state index contributed by atoms with van der Waals surface area (Å²) in [4.78, 5) is 10.5. The molecule has 0 bridgehead atoms. The van der Waals surface area contributed by atoms with Gasteiger partial charge in [0.15, 0.2) is 0 Å². The maximum Gasteiger partial charge on any atom is 0.224 e. The third kappa shape index (κ3) is 4.02. The predicted molar refractivity (Wildman–Crippen MR) is 65.9 cm³/mol. The molecule has 16 heavy (non-hydrogen) atoms. The van der Waals surface area contributed by atoms with Crippen molar-refractivity contribution in [1.29, 1.82) is 0 Å². The Hall–Kier alpha value is -1.36. The molecule has 0 amide bonds. The molecule has 0 aliphatic rings. The summed E-state index contributed by atoms with van der Waals surface area (Å²) in [6.07, 6.45) is 2.01. The van der Waals surface area contributed by atoms with Crippen LogP contribution in [-0.4, -0.2) is 43.3 Å². The zero-order valence-corrected chi connectivity index (χ0v) is 10.4. The van der Waals surface area contributed by atoms with Gasteiger partial charge in [-0.15, -0.1) is 0 Å². The molecule has 0 aliphatic carbocycles. The summed E-state index contributed by atoms with van der Waals surface area (Å²) in [5, 5.41) is 2.92. The van der Waals surface area contributed by atoms with Crippen molar-refractivity contribution in [3.8, 4) is 0 Å². The molecule has 5 heteroatoms. The van der Waals surface area contributed by atoms with Crippen LogP contribution < -0.4 is 10.2 Å². The van der Waals surface area contributed by atoms with E-state index in [0.29, 0.717) is 12.6 Å². The fourth-order valence-electron chi connectivity index (χ4n) is 1.22. The lowest BCUT2D eigenvalue weighted by atomic mass is 10.4. The Kier molecular flexibility index (Phi) is 4.98. The average Bonchev–Trinajstić information content (AvgIpc) is 2.28. The molecule has 1 N–H and O–H groups in total. The summed E-state index contributed by atoms with van der Waals surface area (Å²) < 4.78 is 5.49. The van der Waals surface area contributed by atoms with Crippen LogP contribution in [0.25, 0.3) is 0 Å². The number of hydrogen-bond donors (Lipinski definition) is 1. The van der Waals surface area contributed by atoms with Crippen LogP contribution in [0.4, 0.5) is 11.8 Å². The molecule has 0 saturated heterocycles. The topological polar surface area (TPSA) is 50.3 Å². The van der Waals surface area contributed by atoms with Crippen molar-refractivity contribution < 1.29 is 4.74 Å². The zero-order chi connectivity index (χ0) is 12.0. The van der Waals surface area contributed by atoms with E-state index in [1.807, 2.05) is 31.9 Å². The number of anilines is 2. The first-order chi connectivity index (χ1) is 7.63. The minimum atomic E-state index is 0.270. The minimum absolute atomic E-state index is 0.270. The van der Waals surface area contributed by atoms with Crippen molar-refractivity contribution in [1.82, 2.24) is 9.97 Å². The Morgan fingerprint density at radius 2 is 2.25 bits per heavy atom. The fourth-order valence-corrected chi connectivity index (χ4v) is 1.22. The van der Waals surface area contributed by atoms with Crippen molar-refractivity contribution in [3.05, 3.63) is 12.3 Å². The second kappa shape index (κ2) is 6.27. The second-order valence-corrected chi connectivity index (χ2v) is 3.83. The van der Waals surface area contributed by atoms with Gasteiger partial charge in [-0.3, -0.25) is 0 Å². The molecule has 90 valence electrons. The number of aromatic nitrogens is 2. The van der Waals surface area contributed by atoms with Gasteiger partial charge in [-0.25, -0.2) is 4.98 Å². The maximum absolute atomic E-state index is 5.49. The van der Waals surface area contributed by atoms with Crippen molar-refractivity contribution >= 4 is 11.8 Å². The molecule has 0 fully saturated rings. The number of ether oxygens (including phenoxy) is 1. The standard InChI is InChI=1S/C11H20N4O/c1-9(2)16-8-7-15(4)10-5-6-13-11(12-3)14-10/h5-6,9H,7-8H2,1-4H3,(H,12,13,14). The van der Waals surface area contributed by atoms with E-state index in [9.17, 15) is 0 Å². The van der Waals surface area contributed by atoms with Crippen LogP contribution in [-0.2, 0) is 4.74 Å². The highest BCUT2D eigenvalue weighted by Gasteiger charge is 2.04. The first kappa shape index (κ1) is 12.7. The van der Waals surface area contributed by atoms with Crippen LogP contribution in [0.2, 0.25) is 0 Å². The molecule has 0 unspecified atom stereocenters. The molecular weight excluding hydrogens is 204 g/mol. The molecule has 1 heterocycles. The zero-order valence-electron chi connectivity index (χ0n) is 10.4. The summed E-state index contributed by atoms with van der Waals surface area (Å²) in [5.41, 5.74) is 0. The van der Waals surface area contributed by atoms with E-state index in [2.05, 4.69) is 15.3 Å². The van der Waals surface area contributed by atoms with Crippen LogP contribution in [0.5, 0.6) is 0 Å². The molecule has 0 spiro atoms. The monoisotopic (exact) mass is 224 g/mol. The SMILES string of the molecule is CNc1nccc(N(C)CCOC(C)C)n1. The summed E-state index contributed by atoms with van der Waals surface area (Å²) in [6, 6.07) is 1.89. The summed E-state index contributed by atoms with van der Waals surface area (Å²) >= 11 is 0. The summed E-state index contributed by atoms with van der Waals surface area (Å²) in [5.74, 6) is 1.53. The molecule has 0 saturated carbocycles. The maximum atomic E-state index is 5.49. The van der Waals surface area contributed by atoms with Crippen LogP contribution in [0.15, 0.2) is 12.3 Å². The number of hydrogen-bond acceptors (Lipinski definition) is 5. The molecule has 0 aromatic carbocycles. The molecular formula is C11H20N4O. The Morgan fingerprint density at radius 1 is 1.50 bits per heavy atom. The van der Waals surface area contributed by atoms with Crippen molar-refractivity contribution in [3.63, 3.8) is 0 Å². The Morgan fingerprint density at radius 3 is 2.88 bits per heavy atom. The molecule has 0 aliphatic heterocycles. The van der Waals surface area contributed by atoms with E-state index in [1.54, 1.807) is 13.2 Å². The number of nitrogens with zero attached hydrogens (tertiary/aromatic N) is 3. The van der Waals surface area contributed by atoms with E-state index in [4.69, 9.17) is 4.74 Å². The van der Waals surface area contributed by atoms with Gasteiger partial charge in [0.25, 0.3) is 0 Å². The largest absolute Gasteiger partial charge is 0.377 e. The second-order valence-electron chi connectivity index (χ2n) is 3.83. The quantitative estimate of drug-likeness (QED) is 0.791. The minimum Gasteiger partial charge on any atom is -0.377 e. The Labute approximate surface area is 96.8 Å². The van der Waals surface area contributed by atoms with E-state index >= 15 is 0 Å². The fraction of sp³-hybridized carbons (Fsp3) is 0.636. The van der Waals surface area contributed by atoms with Gasteiger partial charge >= 0.3 is 0 Å². The molecule has 1 aromatic rings. The third-order valence-electron chi connectivity index (χ3n) is 2.13. The number of nitrogens with one attached hydrogen (secondary N) is 1. The van der Waals surface area contributed by atoms with Gasteiger partial charge in [-0.2, -0.15) is 4.98 Å². The smallest absolute Gasteiger partial charge is 0.224 e. The lowest BCUT2D eigenvalue weighted by Gasteiger charge is -2.19. The number of rotatable bonds is 6. The average molecular weight is 224 g/mol. The molecule has 0 radical (unpaired) electrons. The predicted octanol–water partition coefficient (Wildman–Crippen LogP) is 1.38. The highest BCUT2D eigenvalue weighted by molar-refractivity contribution is 5.41. The van der Waals surface area contributed by atoms with Crippen LogP contribution in [0, 0.1) is 0 Å². The van der Waals surface area contributed by atoms with Gasteiger partial charge in [0, 0.05) is 26.8 Å². The molecule has 1 rings (SSSR count). The van der Waals surface area contributed by atoms with Gasteiger partial charge < -0.3 is 15.0 Å². The van der Waals surface area contributed by atoms with Gasteiger partial charge in [-0.05, 0) is 19.9 Å². The van der Waals surface area contributed by atoms with Crippen molar-refractivity contribution in [2.75, 3.05) is 37.5 Å². The molecule has 5 nitrogen and oxygen atoms in total. The lowest BCUT2D eigenvalue weighted by molar-refractivity contribution is 0.0845. The lowest BCUT2D eigenvalue weighted by Crippen LogP contribution is -2.25. The highest BCUT2D eigenvalue weighted by atomic mass is 16.5. The summed E-state index contributed by atoms with van der Waals surface area (Å²) in [6.45, 7) is 5.58. The molecule has 0 atom stereocenters. The van der Waals surface area contributed by atoms with Crippen LogP contribution >= 0.6 is 0 Å². The van der Waals surface area contributed by atoms with Gasteiger partial charge in [0.1, 0.15) is 5.82 Å². The third-order valence-corrected chi connectivity index (χ3v) is 2.13. The van der Waals surface area contributed by atoms with Gasteiger partial charge in [-0.1, -0.05) is 0 Å². The first-order valence-corrected chi connectivity index (χ1v) is 5.47. The number of likely N-dealkylation sites (N-methyl/N-ethyl adjacent to an activating group) is 1. The molecule has 1 aromatic heterocycles. The van der Waals surface area contributed by atoms with Crippen LogP contribution in [0.3, 0.4) is 0 Å². The van der Waals surface area contributed by atoms with E-state index in [1.165, 1.54) is 0 Å². The van der Waals surface area contributed by atoms with E-state index in [0.717, 1.165) is 12.4 Å². The normalized spacial score (nSPS) is 10.6. The van der Waals surface area contributed by atoms with E-state index in [-0.39, 0.29) is 6.10 Å². The Bertz CT molecular complexity index is 317. The van der Waals surface area contributed by atoms with Crippen molar-refractivity contribution in [2.24, 2.45) is 0 Å².